The monoisotopic (exact) mass is 330 g/mol. The van der Waals surface area contributed by atoms with Crippen LogP contribution in [0.4, 0.5) is 0 Å². The molecule has 1 unspecified atom stereocenters. The summed E-state index contributed by atoms with van der Waals surface area (Å²) in [5.74, 6) is 2.30. The van der Waals surface area contributed by atoms with Crippen LogP contribution in [0.2, 0.25) is 0 Å². The summed E-state index contributed by atoms with van der Waals surface area (Å²) >= 11 is 0. The van der Waals surface area contributed by atoms with Crippen LogP contribution in [0.5, 0.6) is 11.5 Å². The van der Waals surface area contributed by atoms with E-state index in [4.69, 9.17) is 9.47 Å². The van der Waals surface area contributed by atoms with E-state index in [1.165, 1.54) is 30.4 Å². The molecule has 0 saturated carbocycles. The van der Waals surface area contributed by atoms with Crippen molar-refractivity contribution in [3.05, 3.63) is 47.6 Å². The average molecular weight is 330 g/mol. The third-order valence-corrected chi connectivity index (χ3v) is 5.02. The van der Waals surface area contributed by atoms with E-state index in [0.717, 1.165) is 31.0 Å². The molecular weight excluding hydrogens is 298 g/mol. The largest absolute Gasteiger partial charge is 0.493 e. The molecule has 1 aromatic rings. The molecule has 0 amide bonds. The Hall–Kier alpha value is -1.74. The minimum absolute atomic E-state index is 0.695. The quantitative estimate of drug-likeness (QED) is 0.740. The molecule has 1 aliphatic rings. The molecule has 0 fully saturated rings. The highest BCUT2D eigenvalue weighted by Gasteiger charge is 2.17. The Morgan fingerprint density at radius 3 is 2.58 bits per heavy atom. The molecule has 0 radical (unpaired) electrons. The molecule has 132 valence electrons. The van der Waals surface area contributed by atoms with Crippen molar-refractivity contribution < 1.29 is 14.4 Å². The molecule has 2 rings (SSSR count). The SMILES string of the molecule is C=C(C)[C@@H]1CC=C(C[NH+](C)CCc2ccc(OC)c(OC)c2)CC1. The third-order valence-electron chi connectivity index (χ3n) is 5.02. The van der Waals surface area contributed by atoms with Gasteiger partial charge < -0.3 is 14.4 Å². The minimum atomic E-state index is 0.695. The van der Waals surface area contributed by atoms with Gasteiger partial charge in [0.15, 0.2) is 11.5 Å². The number of hydrogen-bond donors (Lipinski definition) is 1. The maximum Gasteiger partial charge on any atom is 0.160 e. The van der Waals surface area contributed by atoms with E-state index < -0.39 is 0 Å². The van der Waals surface area contributed by atoms with Gasteiger partial charge in [-0.25, -0.2) is 0 Å². The molecule has 0 heterocycles. The molecule has 2 atom stereocenters. The summed E-state index contributed by atoms with van der Waals surface area (Å²) in [5.41, 5.74) is 4.24. The molecular formula is C21H32NO2+. The number of quaternary nitrogens is 1. The number of rotatable bonds is 8. The van der Waals surface area contributed by atoms with E-state index in [1.807, 2.05) is 6.07 Å². The highest BCUT2D eigenvalue weighted by atomic mass is 16.5. The van der Waals surface area contributed by atoms with Crippen LogP contribution in [0.3, 0.4) is 0 Å². The number of allylic oxidation sites excluding steroid dienone is 2. The Morgan fingerprint density at radius 1 is 1.25 bits per heavy atom. The Labute approximate surface area is 147 Å². The Morgan fingerprint density at radius 2 is 2.00 bits per heavy atom. The van der Waals surface area contributed by atoms with Crippen molar-refractivity contribution in [2.45, 2.75) is 32.6 Å². The van der Waals surface area contributed by atoms with Gasteiger partial charge in [-0.1, -0.05) is 24.3 Å². The van der Waals surface area contributed by atoms with Gasteiger partial charge >= 0.3 is 0 Å². The van der Waals surface area contributed by atoms with E-state index in [-0.39, 0.29) is 0 Å². The topological polar surface area (TPSA) is 22.9 Å². The molecule has 0 aliphatic heterocycles. The summed E-state index contributed by atoms with van der Waals surface area (Å²) in [7, 11) is 5.64. The molecule has 0 saturated heterocycles. The zero-order valence-electron chi connectivity index (χ0n) is 15.7. The van der Waals surface area contributed by atoms with Crippen LogP contribution in [-0.2, 0) is 6.42 Å². The van der Waals surface area contributed by atoms with E-state index in [1.54, 1.807) is 24.7 Å². The van der Waals surface area contributed by atoms with Crippen LogP contribution in [0, 0.1) is 5.92 Å². The highest BCUT2D eigenvalue weighted by molar-refractivity contribution is 5.42. The van der Waals surface area contributed by atoms with Crippen LogP contribution in [-0.4, -0.2) is 34.4 Å². The lowest BCUT2D eigenvalue weighted by Crippen LogP contribution is -3.09. The van der Waals surface area contributed by atoms with Crippen molar-refractivity contribution >= 4 is 0 Å². The van der Waals surface area contributed by atoms with E-state index in [0.29, 0.717) is 5.92 Å². The number of benzene rings is 1. The Bertz CT molecular complexity index is 592. The first-order valence-electron chi connectivity index (χ1n) is 8.89. The molecule has 0 bridgehead atoms. The zero-order valence-corrected chi connectivity index (χ0v) is 15.7. The standard InChI is InChI=1S/C21H31NO2/c1-16(2)19-9-6-18(7-10-19)15-22(3)13-12-17-8-11-20(23-4)21(14-17)24-5/h6,8,11,14,19H,1,7,9-10,12-13,15H2,2-5H3/p+1/t19-/m1/s1. The first-order valence-corrected chi connectivity index (χ1v) is 8.89. The summed E-state index contributed by atoms with van der Waals surface area (Å²) in [6, 6.07) is 6.21. The van der Waals surface area contributed by atoms with Crippen molar-refractivity contribution in [3.63, 3.8) is 0 Å². The maximum absolute atomic E-state index is 5.39. The summed E-state index contributed by atoms with van der Waals surface area (Å²) in [4.78, 5) is 1.56. The molecule has 0 aromatic heterocycles. The van der Waals surface area contributed by atoms with Crippen molar-refractivity contribution in [1.82, 2.24) is 0 Å². The smallest absolute Gasteiger partial charge is 0.160 e. The van der Waals surface area contributed by atoms with Gasteiger partial charge in [0, 0.05) is 6.42 Å². The zero-order chi connectivity index (χ0) is 17.5. The number of likely N-dealkylation sites (N-methyl/N-ethyl adjacent to an activating group) is 1. The first kappa shape index (κ1) is 18.6. The predicted molar refractivity (Wildman–Crippen MR) is 100 cm³/mol. The number of nitrogens with one attached hydrogen (secondary N) is 1. The van der Waals surface area contributed by atoms with Crippen LogP contribution in [0.1, 0.15) is 31.7 Å². The van der Waals surface area contributed by atoms with Crippen LogP contribution in [0.15, 0.2) is 42.0 Å². The second-order valence-corrected chi connectivity index (χ2v) is 7.00. The third kappa shape index (κ3) is 5.13. The lowest BCUT2D eigenvalue weighted by molar-refractivity contribution is -0.874. The second-order valence-electron chi connectivity index (χ2n) is 7.00. The molecule has 1 N–H and O–H groups in total. The van der Waals surface area contributed by atoms with Gasteiger partial charge in [0.1, 0.15) is 0 Å². The number of ether oxygens (including phenoxy) is 2. The fourth-order valence-electron chi connectivity index (χ4n) is 3.37. The van der Waals surface area contributed by atoms with Crippen LogP contribution in [0.25, 0.3) is 0 Å². The van der Waals surface area contributed by atoms with Crippen molar-refractivity contribution in [3.8, 4) is 11.5 Å². The lowest BCUT2D eigenvalue weighted by Gasteiger charge is -2.24. The summed E-state index contributed by atoms with van der Waals surface area (Å²) in [5, 5.41) is 0. The fourth-order valence-corrected chi connectivity index (χ4v) is 3.37. The van der Waals surface area contributed by atoms with Crippen molar-refractivity contribution in [2.75, 3.05) is 34.4 Å². The number of hydrogen-bond acceptors (Lipinski definition) is 2. The molecule has 3 heteroatoms. The summed E-state index contributed by atoms with van der Waals surface area (Å²) < 4.78 is 10.7. The lowest BCUT2D eigenvalue weighted by atomic mass is 9.85. The van der Waals surface area contributed by atoms with Crippen molar-refractivity contribution in [1.29, 1.82) is 0 Å². The molecule has 1 aromatic carbocycles. The summed E-state index contributed by atoms with van der Waals surface area (Å²) in [6.07, 6.45) is 7.17. The minimum Gasteiger partial charge on any atom is -0.493 e. The summed E-state index contributed by atoms with van der Waals surface area (Å²) in [6.45, 7) is 8.53. The highest BCUT2D eigenvalue weighted by Crippen LogP contribution is 2.28. The van der Waals surface area contributed by atoms with Gasteiger partial charge in [0.25, 0.3) is 0 Å². The normalized spacial score (nSPS) is 18.7. The van der Waals surface area contributed by atoms with Gasteiger partial charge in [-0.05, 0) is 55.4 Å². The van der Waals surface area contributed by atoms with Gasteiger partial charge in [-0.15, -0.1) is 0 Å². The Balaban J connectivity index is 1.83. The van der Waals surface area contributed by atoms with Gasteiger partial charge in [0.2, 0.25) is 0 Å². The first-order chi connectivity index (χ1) is 11.5. The fraction of sp³-hybridized carbons (Fsp3) is 0.524. The van der Waals surface area contributed by atoms with Gasteiger partial charge in [-0.3, -0.25) is 0 Å². The molecule has 3 nitrogen and oxygen atoms in total. The van der Waals surface area contributed by atoms with Crippen LogP contribution >= 0.6 is 0 Å². The molecule has 1 aliphatic carbocycles. The van der Waals surface area contributed by atoms with Gasteiger partial charge in [-0.2, -0.15) is 0 Å². The van der Waals surface area contributed by atoms with Crippen LogP contribution < -0.4 is 14.4 Å². The van der Waals surface area contributed by atoms with E-state index in [2.05, 4.69) is 38.8 Å². The van der Waals surface area contributed by atoms with Crippen molar-refractivity contribution in [2.24, 2.45) is 5.92 Å². The molecule has 0 spiro atoms. The number of methoxy groups -OCH3 is 2. The Kier molecular flexibility index (Phi) is 6.92. The van der Waals surface area contributed by atoms with E-state index >= 15 is 0 Å². The maximum atomic E-state index is 5.39. The van der Waals surface area contributed by atoms with E-state index in [9.17, 15) is 0 Å². The predicted octanol–water partition coefficient (Wildman–Crippen LogP) is 3.06. The molecule has 24 heavy (non-hydrogen) atoms. The average Bonchev–Trinajstić information content (AvgIpc) is 2.60. The second kappa shape index (κ2) is 8.93. The van der Waals surface area contributed by atoms with Gasteiger partial charge in [0.05, 0.1) is 34.4 Å².